The van der Waals surface area contributed by atoms with Gasteiger partial charge in [-0.25, -0.2) is 0 Å². The van der Waals surface area contributed by atoms with Crippen molar-refractivity contribution in [1.82, 2.24) is 0 Å². The van der Waals surface area contributed by atoms with E-state index >= 15 is 0 Å². The average molecular weight is 465 g/mol. The predicted molar refractivity (Wildman–Crippen MR) is 148 cm³/mol. The number of aryl methyl sites for hydroxylation is 3. The number of aromatic nitrogens is 1. The first kappa shape index (κ1) is 21.3. The van der Waals surface area contributed by atoms with Crippen LogP contribution < -0.4 is 4.57 Å². The molecule has 36 heavy (non-hydrogen) atoms. The molecule has 2 aliphatic rings. The molecule has 1 nitrogen and oxygen atoms in total. The lowest BCUT2D eigenvalue weighted by molar-refractivity contribution is -0.667. The first-order valence-electron chi connectivity index (χ1n) is 13.2. The third-order valence-electron chi connectivity index (χ3n) is 8.07. The second-order valence-corrected chi connectivity index (χ2v) is 10.3. The van der Waals surface area contributed by atoms with E-state index in [0.29, 0.717) is 0 Å². The topological polar surface area (TPSA) is 3.88 Å². The van der Waals surface area contributed by atoms with Gasteiger partial charge in [-0.2, -0.15) is 4.57 Å². The molecule has 0 saturated heterocycles. The van der Waals surface area contributed by atoms with Crippen molar-refractivity contribution in [3.05, 3.63) is 137 Å². The highest BCUT2D eigenvalue weighted by molar-refractivity contribution is 5.85. The molecule has 174 valence electrons. The zero-order valence-corrected chi connectivity index (χ0v) is 20.8. The van der Waals surface area contributed by atoms with Gasteiger partial charge in [0.25, 0.3) is 0 Å². The lowest BCUT2D eigenvalue weighted by atomic mass is 9.77. The smallest absolute Gasteiger partial charge is 0.186 e. The molecule has 0 aliphatic heterocycles. The van der Waals surface area contributed by atoms with Crippen molar-refractivity contribution in [3.8, 4) is 33.6 Å². The van der Waals surface area contributed by atoms with Crippen LogP contribution in [0.1, 0.15) is 33.4 Å². The molecular formula is C35H30N+. The van der Waals surface area contributed by atoms with E-state index in [1.54, 1.807) is 0 Å². The summed E-state index contributed by atoms with van der Waals surface area (Å²) in [6, 6.07) is 38.4. The van der Waals surface area contributed by atoms with Crippen molar-refractivity contribution in [2.24, 2.45) is 0 Å². The van der Waals surface area contributed by atoms with E-state index in [0.717, 1.165) is 32.2 Å². The van der Waals surface area contributed by atoms with E-state index < -0.39 is 0 Å². The summed E-state index contributed by atoms with van der Waals surface area (Å²) in [6.45, 7) is 3.05. The van der Waals surface area contributed by atoms with Crippen LogP contribution in [0.5, 0.6) is 0 Å². The number of pyridine rings is 1. The van der Waals surface area contributed by atoms with Gasteiger partial charge in [-0.15, -0.1) is 0 Å². The molecule has 0 atom stereocenters. The molecule has 1 heterocycles. The summed E-state index contributed by atoms with van der Waals surface area (Å²) in [4.78, 5) is 0. The second-order valence-electron chi connectivity index (χ2n) is 10.3. The van der Waals surface area contributed by atoms with Crippen LogP contribution in [-0.4, -0.2) is 0 Å². The van der Waals surface area contributed by atoms with Crippen LogP contribution in [-0.2, 0) is 32.2 Å². The molecule has 0 bridgehead atoms. The van der Waals surface area contributed by atoms with Crippen molar-refractivity contribution in [1.29, 1.82) is 0 Å². The molecule has 0 fully saturated rings. The fourth-order valence-electron chi connectivity index (χ4n) is 6.40. The maximum Gasteiger partial charge on any atom is 0.217 e. The lowest BCUT2D eigenvalue weighted by Crippen LogP contribution is -2.44. The van der Waals surface area contributed by atoms with Crippen LogP contribution in [0.25, 0.3) is 33.6 Å². The SMILES string of the molecule is Cc1ccc(C[n+]2c3c(c(-c4ccccc4)c4c2-c2ccccc2CC4)CCc2ccccc2-3)cc1. The summed E-state index contributed by atoms with van der Waals surface area (Å²) >= 11 is 0. The zero-order chi connectivity index (χ0) is 24.1. The molecule has 0 radical (unpaired) electrons. The molecule has 0 unspecified atom stereocenters. The van der Waals surface area contributed by atoms with Gasteiger partial charge in [0.1, 0.15) is 0 Å². The Morgan fingerprint density at radius 3 is 1.67 bits per heavy atom. The molecule has 0 spiro atoms. The van der Waals surface area contributed by atoms with Gasteiger partial charge in [0.15, 0.2) is 6.54 Å². The molecule has 5 aromatic rings. The van der Waals surface area contributed by atoms with E-state index in [1.807, 2.05) is 0 Å². The highest BCUT2D eigenvalue weighted by Crippen LogP contribution is 2.44. The van der Waals surface area contributed by atoms with Gasteiger partial charge in [0.2, 0.25) is 11.4 Å². The Labute approximate surface area is 213 Å². The lowest BCUT2D eigenvalue weighted by Gasteiger charge is -2.28. The van der Waals surface area contributed by atoms with Gasteiger partial charge in [-0.3, -0.25) is 0 Å². The van der Waals surface area contributed by atoms with E-state index in [-0.39, 0.29) is 0 Å². The summed E-state index contributed by atoms with van der Waals surface area (Å²) in [5, 5.41) is 0. The Kier molecular flexibility index (Phi) is 5.10. The summed E-state index contributed by atoms with van der Waals surface area (Å²) < 4.78 is 2.66. The summed E-state index contributed by atoms with van der Waals surface area (Å²) in [6.07, 6.45) is 4.37. The highest BCUT2D eigenvalue weighted by Gasteiger charge is 2.37. The Morgan fingerprint density at radius 2 is 1.08 bits per heavy atom. The third-order valence-corrected chi connectivity index (χ3v) is 8.07. The van der Waals surface area contributed by atoms with Gasteiger partial charge in [0.05, 0.1) is 0 Å². The van der Waals surface area contributed by atoms with E-state index in [4.69, 9.17) is 0 Å². The van der Waals surface area contributed by atoms with Crippen LogP contribution in [0.15, 0.2) is 103 Å². The number of hydrogen-bond donors (Lipinski definition) is 0. The van der Waals surface area contributed by atoms with Gasteiger partial charge < -0.3 is 0 Å². The molecule has 0 amide bonds. The Hall–Kier alpha value is -3.97. The summed E-state index contributed by atoms with van der Waals surface area (Å²) in [5.74, 6) is 0. The van der Waals surface area contributed by atoms with Crippen molar-refractivity contribution in [2.45, 2.75) is 39.2 Å². The molecule has 0 N–H and O–H groups in total. The van der Waals surface area contributed by atoms with Crippen LogP contribution in [0.3, 0.4) is 0 Å². The van der Waals surface area contributed by atoms with Crippen LogP contribution in [0.4, 0.5) is 0 Å². The Morgan fingerprint density at radius 1 is 0.556 bits per heavy atom. The molecule has 2 aliphatic carbocycles. The fraction of sp³-hybridized carbons (Fsp3) is 0.171. The first-order valence-corrected chi connectivity index (χ1v) is 13.2. The van der Waals surface area contributed by atoms with E-state index in [9.17, 15) is 0 Å². The first-order chi connectivity index (χ1) is 17.8. The zero-order valence-electron chi connectivity index (χ0n) is 20.8. The summed E-state index contributed by atoms with van der Waals surface area (Å²) in [7, 11) is 0. The predicted octanol–water partition coefficient (Wildman–Crippen LogP) is 7.53. The maximum atomic E-state index is 2.66. The molecule has 1 heteroatoms. The Bertz CT molecular complexity index is 1520. The van der Waals surface area contributed by atoms with Crippen molar-refractivity contribution < 1.29 is 4.57 Å². The average Bonchev–Trinajstić information content (AvgIpc) is 2.94. The standard InChI is InChI=1S/C35H30N/c1-24-15-17-25(18-16-24)23-36-34-29-13-7-5-9-26(29)19-21-31(34)33(28-11-3-2-4-12-28)32-22-20-27-10-6-8-14-30(27)35(32)36/h2-18H,19-23H2,1H3/q+1. The minimum absolute atomic E-state index is 0.878. The fourth-order valence-corrected chi connectivity index (χ4v) is 6.40. The largest absolute Gasteiger partial charge is 0.217 e. The minimum atomic E-state index is 0.878. The normalized spacial score (nSPS) is 13.4. The maximum absolute atomic E-state index is 2.66. The van der Waals surface area contributed by atoms with Crippen molar-refractivity contribution in [3.63, 3.8) is 0 Å². The minimum Gasteiger partial charge on any atom is -0.186 e. The van der Waals surface area contributed by atoms with Crippen molar-refractivity contribution in [2.75, 3.05) is 0 Å². The number of hydrogen-bond acceptors (Lipinski definition) is 0. The van der Waals surface area contributed by atoms with Crippen LogP contribution >= 0.6 is 0 Å². The Balaban J connectivity index is 1.61. The second kappa shape index (κ2) is 8.60. The number of fused-ring (bicyclic) bond motifs is 6. The summed E-state index contributed by atoms with van der Waals surface area (Å²) in [5.41, 5.74) is 17.1. The molecule has 0 saturated carbocycles. The highest BCUT2D eigenvalue weighted by atomic mass is 15.0. The molecule has 4 aromatic carbocycles. The van der Waals surface area contributed by atoms with Gasteiger partial charge in [-0.05, 0) is 61.4 Å². The molecular weight excluding hydrogens is 434 g/mol. The quantitative estimate of drug-likeness (QED) is 0.243. The molecule has 7 rings (SSSR count). The molecule has 1 aromatic heterocycles. The monoisotopic (exact) mass is 464 g/mol. The van der Waals surface area contributed by atoms with Crippen LogP contribution in [0, 0.1) is 6.92 Å². The number of benzene rings is 4. The third kappa shape index (κ3) is 3.42. The van der Waals surface area contributed by atoms with E-state index in [2.05, 4.69) is 115 Å². The number of rotatable bonds is 3. The van der Waals surface area contributed by atoms with Crippen molar-refractivity contribution >= 4 is 0 Å². The van der Waals surface area contributed by atoms with Gasteiger partial charge in [-0.1, -0.05) is 96.6 Å². The van der Waals surface area contributed by atoms with Gasteiger partial charge >= 0.3 is 0 Å². The number of nitrogens with zero attached hydrogens (tertiary/aromatic N) is 1. The van der Waals surface area contributed by atoms with Crippen LogP contribution in [0.2, 0.25) is 0 Å². The van der Waals surface area contributed by atoms with E-state index in [1.165, 1.54) is 67.0 Å². The van der Waals surface area contributed by atoms with Gasteiger partial charge in [0, 0.05) is 33.4 Å².